The zero-order chi connectivity index (χ0) is 20.3. The molecule has 28 heavy (non-hydrogen) atoms. The van der Waals surface area contributed by atoms with Crippen molar-refractivity contribution >= 4 is 55.8 Å². The normalized spacial score (nSPS) is 19.4. The summed E-state index contributed by atoms with van der Waals surface area (Å²) in [5, 5.41) is 0. The lowest BCUT2D eigenvalue weighted by Crippen LogP contribution is -2.45. The van der Waals surface area contributed by atoms with Gasteiger partial charge in [0.15, 0.2) is 0 Å². The predicted molar refractivity (Wildman–Crippen MR) is 125 cm³/mol. The van der Waals surface area contributed by atoms with Crippen LogP contribution in [0.2, 0.25) is 0 Å². The summed E-state index contributed by atoms with van der Waals surface area (Å²) in [6.45, 7) is 10.1. The number of hydrogen-bond donors (Lipinski definition) is 0. The van der Waals surface area contributed by atoms with Crippen molar-refractivity contribution in [3.05, 3.63) is 62.9 Å². The van der Waals surface area contributed by atoms with E-state index in [-0.39, 0.29) is 18.1 Å². The maximum Gasteiger partial charge on any atom is 0.261 e. The molecule has 7 heteroatoms. The van der Waals surface area contributed by atoms with Crippen molar-refractivity contribution in [3.8, 4) is 0 Å². The third kappa shape index (κ3) is 4.75. The molecule has 1 fully saturated rings. The van der Waals surface area contributed by atoms with Crippen molar-refractivity contribution in [2.24, 2.45) is 0 Å². The lowest BCUT2D eigenvalue weighted by atomic mass is 10.1. The van der Waals surface area contributed by atoms with Crippen molar-refractivity contribution in [2.75, 3.05) is 29.4 Å². The molecule has 0 spiro atoms. The van der Waals surface area contributed by atoms with Crippen LogP contribution in [0.5, 0.6) is 0 Å². The van der Waals surface area contributed by atoms with Crippen molar-refractivity contribution in [3.63, 3.8) is 0 Å². The molecule has 1 aliphatic heterocycles. The maximum absolute atomic E-state index is 13.2. The van der Waals surface area contributed by atoms with Crippen molar-refractivity contribution < 1.29 is 9.53 Å². The molecule has 0 N–H and O–H groups in total. The molecule has 1 aliphatic rings. The van der Waals surface area contributed by atoms with E-state index in [1.54, 1.807) is 23.4 Å². The molecule has 2 atom stereocenters. The molecule has 1 aromatic heterocycles. The standard InChI is InChI=1S/C21H23BrIN3O2/c1-4-9-26(21(27)18-10-24-11-19(22)20(18)23)17-7-5-16(6-8-17)25-12-14(2)28-15(3)13-25/h4-8,10-11,14-15H,1,9,12-13H2,2-3H3/t14-,15+. The number of hydrogen-bond acceptors (Lipinski definition) is 4. The summed E-state index contributed by atoms with van der Waals surface area (Å²) in [5.74, 6) is -0.0977. The van der Waals surface area contributed by atoms with Crippen LogP contribution < -0.4 is 9.80 Å². The molecule has 0 unspecified atom stereocenters. The fraction of sp³-hybridized carbons (Fsp3) is 0.333. The van der Waals surface area contributed by atoms with Gasteiger partial charge in [-0.1, -0.05) is 6.08 Å². The molecule has 0 aliphatic carbocycles. The van der Waals surface area contributed by atoms with E-state index in [1.165, 1.54) is 0 Å². The number of rotatable bonds is 5. The van der Waals surface area contributed by atoms with E-state index in [9.17, 15) is 4.79 Å². The van der Waals surface area contributed by atoms with Gasteiger partial charge in [0.25, 0.3) is 5.91 Å². The molecular weight excluding hydrogens is 533 g/mol. The number of carbonyl (C=O) groups is 1. The number of pyridine rings is 1. The Balaban J connectivity index is 1.85. The molecule has 3 rings (SSSR count). The molecule has 0 saturated carbocycles. The fourth-order valence-corrected chi connectivity index (χ4v) is 4.22. The maximum atomic E-state index is 13.2. The molecule has 0 bridgehead atoms. The number of aromatic nitrogens is 1. The lowest BCUT2D eigenvalue weighted by Gasteiger charge is -2.37. The number of ether oxygens (including phenoxy) is 1. The SMILES string of the molecule is C=CCN(C(=O)c1cncc(Br)c1I)c1ccc(N2C[C@@H](C)O[C@@H](C)C2)cc1. The summed E-state index contributed by atoms with van der Waals surface area (Å²) in [6.07, 6.45) is 5.43. The number of benzene rings is 1. The van der Waals surface area contributed by atoms with Gasteiger partial charge >= 0.3 is 0 Å². The first-order chi connectivity index (χ1) is 13.4. The Hall–Kier alpha value is -1.45. The second-order valence-electron chi connectivity index (χ2n) is 6.87. The van der Waals surface area contributed by atoms with Crippen molar-refractivity contribution in [1.29, 1.82) is 0 Å². The lowest BCUT2D eigenvalue weighted by molar-refractivity contribution is -0.00521. The first-order valence-corrected chi connectivity index (χ1v) is 11.0. The third-order valence-corrected chi connectivity index (χ3v) is 7.08. The second kappa shape index (κ2) is 9.37. The number of nitrogens with zero attached hydrogens (tertiary/aromatic N) is 3. The van der Waals surface area contributed by atoms with Crippen molar-refractivity contribution in [1.82, 2.24) is 4.98 Å². The average molecular weight is 556 g/mol. The van der Waals surface area contributed by atoms with Crippen LogP contribution in [-0.4, -0.2) is 42.7 Å². The topological polar surface area (TPSA) is 45.7 Å². The molecule has 2 heterocycles. The van der Waals surface area contributed by atoms with Crippen LogP contribution in [0.25, 0.3) is 0 Å². The summed E-state index contributed by atoms with van der Waals surface area (Å²) in [5.41, 5.74) is 2.53. The smallest absolute Gasteiger partial charge is 0.261 e. The Morgan fingerprint density at radius 2 is 1.96 bits per heavy atom. The summed E-state index contributed by atoms with van der Waals surface area (Å²) in [7, 11) is 0. The molecule has 1 saturated heterocycles. The minimum atomic E-state index is -0.0977. The number of anilines is 2. The van der Waals surface area contributed by atoms with Crippen LogP contribution in [0.4, 0.5) is 11.4 Å². The quantitative estimate of drug-likeness (QED) is 0.389. The van der Waals surface area contributed by atoms with Gasteiger partial charge in [-0.05, 0) is 76.6 Å². The molecule has 1 aromatic carbocycles. The van der Waals surface area contributed by atoms with E-state index in [0.717, 1.165) is 32.5 Å². The van der Waals surface area contributed by atoms with Gasteiger partial charge < -0.3 is 14.5 Å². The second-order valence-corrected chi connectivity index (χ2v) is 8.80. The van der Waals surface area contributed by atoms with Crippen molar-refractivity contribution in [2.45, 2.75) is 26.1 Å². The zero-order valence-electron chi connectivity index (χ0n) is 15.9. The number of halogens is 2. The number of morpholine rings is 1. The fourth-order valence-electron chi connectivity index (χ4n) is 3.38. The highest BCUT2D eigenvalue weighted by molar-refractivity contribution is 14.1. The van der Waals surface area contributed by atoms with E-state index < -0.39 is 0 Å². The van der Waals surface area contributed by atoms with E-state index >= 15 is 0 Å². The van der Waals surface area contributed by atoms with Gasteiger partial charge in [0.1, 0.15) is 0 Å². The first-order valence-electron chi connectivity index (χ1n) is 9.13. The Kier molecular flexibility index (Phi) is 7.11. The Bertz CT molecular complexity index is 849. The van der Waals surface area contributed by atoms with Crippen LogP contribution in [0.1, 0.15) is 24.2 Å². The Labute approximate surface area is 188 Å². The Morgan fingerprint density at radius 1 is 1.32 bits per heavy atom. The molecular formula is C21H23BrIN3O2. The highest BCUT2D eigenvalue weighted by Gasteiger charge is 2.24. The van der Waals surface area contributed by atoms with E-state index in [0.29, 0.717) is 12.1 Å². The Morgan fingerprint density at radius 3 is 2.57 bits per heavy atom. The summed E-state index contributed by atoms with van der Waals surface area (Å²) in [4.78, 5) is 21.4. The van der Waals surface area contributed by atoms with Gasteiger partial charge in [-0.2, -0.15) is 0 Å². The number of amides is 1. The van der Waals surface area contributed by atoms with Gasteiger partial charge in [0.05, 0.1) is 17.8 Å². The molecule has 148 valence electrons. The summed E-state index contributed by atoms with van der Waals surface area (Å²) < 4.78 is 7.47. The van der Waals surface area contributed by atoms with Crippen LogP contribution in [0.15, 0.2) is 53.8 Å². The number of carbonyl (C=O) groups excluding carboxylic acids is 1. The largest absolute Gasteiger partial charge is 0.372 e. The summed E-state index contributed by atoms with van der Waals surface area (Å²) >= 11 is 5.61. The van der Waals surface area contributed by atoms with Gasteiger partial charge in [-0.3, -0.25) is 9.78 Å². The van der Waals surface area contributed by atoms with Gasteiger partial charge in [0, 0.05) is 51.4 Å². The molecule has 1 amide bonds. The highest BCUT2D eigenvalue weighted by Crippen LogP contribution is 2.27. The zero-order valence-corrected chi connectivity index (χ0v) is 19.7. The van der Waals surface area contributed by atoms with Gasteiger partial charge in [-0.25, -0.2) is 0 Å². The molecule has 2 aromatic rings. The van der Waals surface area contributed by atoms with Gasteiger partial charge in [0.2, 0.25) is 0 Å². The van der Waals surface area contributed by atoms with Crippen LogP contribution in [0, 0.1) is 3.57 Å². The minimum Gasteiger partial charge on any atom is -0.372 e. The van der Waals surface area contributed by atoms with E-state index in [1.807, 2.05) is 12.1 Å². The molecule has 5 nitrogen and oxygen atoms in total. The first kappa shape index (κ1) is 21.3. The monoisotopic (exact) mass is 555 g/mol. The van der Waals surface area contributed by atoms with E-state index in [4.69, 9.17) is 4.74 Å². The minimum absolute atomic E-state index is 0.0977. The highest BCUT2D eigenvalue weighted by atomic mass is 127. The predicted octanol–water partition coefficient (Wildman–Crippen LogP) is 4.90. The third-order valence-electron chi connectivity index (χ3n) is 4.57. The summed E-state index contributed by atoms with van der Waals surface area (Å²) in [6, 6.07) is 8.10. The van der Waals surface area contributed by atoms with Crippen LogP contribution in [0.3, 0.4) is 0 Å². The van der Waals surface area contributed by atoms with Crippen LogP contribution >= 0.6 is 38.5 Å². The molecule has 0 radical (unpaired) electrons. The van der Waals surface area contributed by atoms with E-state index in [2.05, 4.69) is 81.0 Å². The average Bonchev–Trinajstić information content (AvgIpc) is 2.67. The van der Waals surface area contributed by atoms with Gasteiger partial charge in [-0.15, -0.1) is 6.58 Å². The van der Waals surface area contributed by atoms with Crippen LogP contribution in [-0.2, 0) is 4.74 Å².